The quantitative estimate of drug-likeness (QED) is 0.265. The molecule has 5 aromatic carbocycles. The lowest BCUT2D eigenvalue weighted by Gasteiger charge is -2.11. The molecular weight excluding hydrogens is 407 g/mol. The molecule has 2 aromatic heterocycles. The molecule has 7 aromatic rings. The predicted octanol–water partition coefficient (Wildman–Crippen LogP) is 8.02. The highest BCUT2D eigenvalue weighted by atomic mass is 19.1. The van der Waals surface area contributed by atoms with Crippen molar-refractivity contribution < 1.29 is 4.39 Å². The Bertz CT molecular complexity index is 1770. The Hall–Kier alpha value is -4.37. The molecule has 0 saturated heterocycles. The average Bonchev–Trinajstić information content (AvgIpc) is 3.38. The summed E-state index contributed by atoms with van der Waals surface area (Å²) in [6, 6.07) is 38.6. The van der Waals surface area contributed by atoms with E-state index in [1.54, 1.807) is 6.07 Å². The molecule has 0 saturated carbocycles. The first kappa shape index (κ1) is 18.2. The number of hydrogen-bond acceptors (Lipinski definition) is 0. The van der Waals surface area contributed by atoms with Crippen LogP contribution in [0.25, 0.3) is 55.0 Å². The normalized spacial score (nSPS) is 11.8. The van der Waals surface area contributed by atoms with E-state index >= 15 is 4.39 Å². The van der Waals surface area contributed by atoms with Crippen molar-refractivity contribution in [1.29, 1.82) is 0 Å². The van der Waals surface area contributed by atoms with Crippen LogP contribution in [-0.2, 0) is 0 Å². The van der Waals surface area contributed by atoms with E-state index in [1.165, 1.54) is 10.8 Å². The summed E-state index contributed by atoms with van der Waals surface area (Å²) in [7, 11) is 0. The van der Waals surface area contributed by atoms with Gasteiger partial charge in [-0.3, -0.25) is 0 Å². The average molecular weight is 426 g/mol. The van der Waals surface area contributed by atoms with E-state index in [-0.39, 0.29) is 5.82 Å². The number of nitrogens with zero attached hydrogens (tertiary/aromatic N) is 2. The van der Waals surface area contributed by atoms with Gasteiger partial charge in [-0.25, -0.2) is 4.39 Å². The summed E-state index contributed by atoms with van der Waals surface area (Å²) in [5.41, 5.74) is 5.53. The summed E-state index contributed by atoms with van der Waals surface area (Å²) in [5, 5.41) is 4.28. The fraction of sp³-hybridized carbons (Fsp3) is 0. The molecule has 33 heavy (non-hydrogen) atoms. The topological polar surface area (TPSA) is 9.86 Å². The zero-order chi connectivity index (χ0) is 21.9. The highest BCUT2D eigenvalue weighted by Gasteiger charge is 2.19. The van der Waals surface area contributed by atoms with Crippen LogP contribution in [0.15, 0.2) is 115 Å². The van der Waals surface area contributed by atoms with Crippen molar-refractivity contribution in [3.05, 3.63) is 121 Å². The molecular formula is C30H19FN2. The van der Waals surface area contributed by atoms with Crippen molar-refractivity contribution in [1.82, 2.24) is 9.13 Å². The largest absolute Gasteiger partial charge is 0.309 e. The minimum absolute atomic E-state index is 0.232. The summed E-state index contributed by atoms with van der Waals surface area (Å²) in [5.74, 6) is -0.232. The van der Waals surface area contributed by atoms with Crippen LogP contribution in [0, 0.1) is 5.82 Å². The number of hydrogen-bond donors (Lipinski definition) is 0. The first-order valence-electron chi connectivity index (χ1n) is 11.1. The van der Waals surface area contributed by atoms with Crippen molar-refractivity contribution >= 4 is 43.6 Å². The first-order chi connectivity index (χ1) is 16.3. The molecule has 0 spiro atoms. The van der Waals surface area contributed by atoms with Crippen LogP contribution in [0.2, 0.25) is 0 Å². The lowest BCUT2D eigenvalue weighted by molar-refractivity contribution is 0.634. The molecule has 0 fully saturated rings. The van der Waals surface area contributed by atoms with Crippen LogP contribution in [-0.4, -0.2) is 9.13 Å². The molecule has 3 heteroatoms. The first-order valence-corrected chi connectivity index (χ1v) is 11.1. The molecule has 156 valence electrons. The standard InChI is InChI=1S/C30H19FN2/c31-26-19-21(32-27-15-7-4-12-22(27)23-13-5-8-16-28(23)32)18-25-24-14-6-9-17-29(24)33(30(25)26)20-10-2-1-3-11-20/h1-19H. The molecule has 0 atom stereocenters. The molecule has 0 N–H and O–H groups in total. The Labute approximate surface area is 189 Å². The summed E-state index contributed by atoms with van der Waals surface area (Å²) in [4.78, 5) is 0. The van der Waals surface area contributed by atoms with Gasteiger partial charge in [-0.2, -0.15) is 0 Å². The lowest BCUT2D eigenvalue weighted by atomic mass is 10.1. The number of rotatable bonds is 2. The van der Waals surface area contributed by atoms with Gasteiger partial charge in [0.25, 0.3) is 0 Å². The minimum atomic E-state index is -0.232. The second-order valence-corrected chi connectivity index (χ2v) is 8.38. The number of aromatic nitrogens is 2. The molecule has 0 aliphatic carbocycles. The third-order valence-electron chi connectivity index (χ3n) is 6.56. The third kappa shape index (κ3) is 2.53. The molecule has 0 radical (unpaired) electrons. The van der Waals surface area contributed by atoms with Crippen LogP contribution in [0.1, 0.15) is 0 Å². The van der Waals surface area contributed by atoms with Crippen LogP contribution < -0.4 is 0 Å². The van der Waals surface area contributed by atoms with Gasteiger partial charge in [0.05, 0.1) is 22.1 Å². The van der Waals surface area contributed by atoms with E-state index in [1.807, 2.05) is 59.2 Å². The fourth-order valence-corrected chi connectivity index (χ4v) is 5.21. The summed E-state index contributed by atoms with van der Waals surface area (Å²) in [6.45, 7) is 0. The monoisotopic (exact) mass is 426 g/mol. The van der Waals surface area contributed by atoms with Gasteiger partial charge in [0.1, 0.15) is 5.82 Å². The Morgan fingerprint density at radius 3 is 1.52 bits per heavy atom. The van der Waals surface area contributed by atoms with E-state index in [0.717, 1.165) is 38.7 Å². The number of benzene rings is 5. The zero-order valence-corrected chi connectivity index (χ0v) is 17.7. The van der Waals surface area contributed by atoms with Gasteiger partial charge < -0.3 is 9.13 Å². The Morgan fingerprint density at radius 2 is 0.909 bits per heavy atom. The Kier molecular flexibility index (Phi) is 3.76. The molecule has 0 unspecified atom stereocenters. The maximum absolute atomic E-state index is 16.0. The number of fused-ring (bicyclic) bond motifs is 6. The van der Waals surface area contributed by atoms with E-state index in [2.05, 4.69) is 59.2 Å². The van der Waals surface area contributed by atoms with Crippen molar-refractivity contribution in [3.63, 3.8) is 0 Å². The van der Waals surface area contributed by atoms with Crippen LogP contribution >= 0.6 is 0 Å². The van der Waals surface area contributed by atoms with Crippen LogP contribution in [0.4, 0.5) is 4.39 Å². The second kappa shape index (κ2) is 6.81. The summed E-state index contributed by atoms with van der Waals surface area (Å²) < 4.78 is 20.2. The Balaban J connectivity index is 1.63. The van der Waals surface area contributed by atoms with Gasteiger partial charge in [-0.15, -0.1) is 0 Å². The van der Waals surface area contributed by atoms with Crippen LogP contribution in [0.3, 0.4) is 0 Å². The second-order valence-electron chi connectivity index (χ2n) is 8.38. The molecule has 0 aliphatic rings. The van der Waals surface area contributed by atoms with E-state index < -0.39 is 0 Å². The van der Waals surface area contributed by atoms with E-state index in [4.69, 9.17) is 0 Å². The maximum Gasteiger partial charge on any atom is 0.149 e. The predicted molar refractivity (Wildman–Crippen MR) is 135 cm³/mol. The van der Waals surface area contributed by atoms with E-state index in [9.17, 15) is 0 Å². The molecule has 0 bridgehead atoms. The van der Waals surface area contributed by atoms with Gasteiger partial charge in [-0.05, 0) is 36.4 Å². The fourth-order valence-electron chi connectivity index (χ4n) is 5.21. The molecule has 0 amide bonds. The zero-order valence-electron chi connectivity index (χ0n) is 17.7. The third-order valence-corrected chi connectivity index (χ3v) is 6.56. The minimum Gasteiger partial charge on any atom is -0.309 e. The lowest BCUT2D eigenvalue weighted by Crippen LogP contribution is -1.98. The van der Waals surface area contributed by atoms with Gasteiger partial charge in [0, 0.05) is 39.0 Å². The molecule has 7 rings (SSSR count). The van der Waals surface area contributed by atoms with E-state index in [0.29, 0.717) is 5.52 Å². The van der Waals surface area contributed by atoms with Crippen LogP contribution in [0.5, 0.6) is 0 Å². The van der Waals surface area contributed by atoms with Gasteiger partial charge in [0.2, 0.25) is 0 Å². The highest BCUT2D eigenvalue weighted by molar-refractivity contribution is 6.12. The van der Waals surface area contributed by atoms with Gasteiger partial charge >= 0.3 is 0 Å². The van der Waals surface area contributed by atoms with Crippen molar-refractivity contribution in [2.45, 2.75) is 0 Å². The number of para-hydroxylation sites is 4. The van der Waals surface area contributed by atoms with Crippen molar-refractivity contribution in [3.8, 4) is 11.4 Å². The van der Waals surface area contributed by atoms with Crippen molar-refractivity contribution in [2.24, 2.45) is 0 Å². The SMILES string of the molecule is Fc1cc(-n2c3ccccc3c3ccccc32)cc2c3ccccc3n(-c3ccccc3)c12. The highest BCUT2D eigenvalue weighted by Crippen LogP contribution is 2.37. The van der Waals surface area contributed by atoms with Crippen molar-refractivity contribution in [2.75, 3.05) is 0 Å². The summed E-state index contributed by atoms with van der Waals surface area (Å²) in [6.07, 6.45) is 0. The number of halogens is 1. The summed E-state index contributed by atoms with van der Waals surface area (Å²) >= 11 is 0. The Morgan fingerprint density at radius 1 is 0.424 bits per heavy atom. The molecule has 0 aliphatic heterocycles. The van der Waals surface area contributed by atoms with Gasteiger partial charge in [0.15, 0.2) is 0 Å². The maximum atomic E-state index is 16.0. The smallest absolute Gasteiger partial charge is 0.149 e. The molecule has 2 heterocycles. The molecule has 2 nitrogen and oxygen atoms in total. The van der Waals surface area contributed by atoms with Gasteiger partial charge in [-0.1, -0.05) is 72.8 Å².